The number of ketones is 1. The highest BCUT2D eigenvalue weighted by molar-refractivity contribution is 6.02. The molecule has 0 radical (unpaired) electrons. The van der Waals surface area contributed by atoms with Crippen LogP contribution in [0.25, 0.3) is 44.3 Å². The van der Waals surface area contributed by atoms with Crippen LogP contribution in [0, 0.1) is 13.8 Å². The van der Waals surface area contributed by atoms with Crippen LogP contribution in [0.5, 0.6) is 0 Å². The van der Waals surface area contributed by atoms with Crippen LogP contribution in [-0.2, 0) is 40.4 Å². The van der Waals surface area contributed by atoms with Crippen molar-refractivity contribution in [3.63, 3.8) is 0 Å². The molecule has 6 aromatic rings. The van der Waals surface area contributed by atoms with E-state index in [2.05, 4.69) is 92.6 Å². The minimum absolute atomic E-state index is 0.0520. The number of β-amino-alcohol motifs (C(OH)–C–C–N with tert-alkyl or cyclic N) is 2. The summed E-state index contributed by atoms with van der Waals surface area (Å²) in [5, 5.41) is 28.0. The van der Waals surface area contributed by atoms with Crippen LogP contribution < -0.4 is 10.6 Å². The van der Waals surface area contributed by atoms with Crippen molar-refractivity contribution in [2.75, 3.05) is 78.7 Å². The summed E-state index contributed by atoms with van der Waals surface area (Å²) in [5.74, 6) is -0.0520. The zero-order valence-corrected chi connectivity index (χ0v) is 44.5. The fourth-order valence-corrected chi connectivity index (χ4v) is 11.7. The van der Waals surface area contributed by atoms with Gasteiger partial charge in [0.2, 0.25) is 0 Å². The van der Waals surface area contributed by atoms with Crippen molar-refractivity contribution in [3.8, 4) is 22.5 Å². The number of hydrogen-bond donors (Lipinski definition) is 4. The zero-order chi connectivity index (χ0) is 52.2. The molecule has 2 atom stereocenters. The molecule has 2 unspecified atom stereocenters. The van der Waals surface area contributed by atoms with Crippen LogP contribution in [0.3, 0.4) is 0 Å². The molecule has 0 saturated carbocycles. The maximum Gasteiger partial charge on any atom is 0.419 e. The molecule has 2 fully saturated rings. The summed E-state index contributed by atoms with van der Waals surface area (Å²) in [5.41, 5.74) is 10.9. The lowest BCUT2D eigenvalue weighted by atomic mass is 9.86. The Morgan fingerprint density at radius 2 is 0.919 bits per heavy atom. The molecular weight excluding hydrogens is 933 g/mol. The monoisotopic (exact) mass is 1010 g/mol. The number of rotatable bonds is 12. The lowest BCUT2D eigenvalue weighted by Gasteiger charge is -2.34. The highest BCUT2D eigenvalue weighted by Crippen LogP contribution is 2.45. The molecule has 392 valence electrons. The Morgan fingerprint density at radius 3 is 1.28 bits per heavy atom. The number of fused-ring (bicyclic) bond motifs is 4. The summed E-state index contributed by atoms with van der Waals surface area (Å²) in [4.78, 5) is 54.1. The standard InChI is InChI=1S/C59H74N8O7/c1-37-9-13-43(49-31-41-29-39(35-64-21-17-62(18-22-64)25-27-68)11-15-47(41)66(49)56(71)73-58(3,4)5)51-45(37)33-60-53(51)55(70)54-52-44(14-10-38(2)46(52)34-61-54)50-32-42-30-40(36-65-23-19-63(20-24-65)26-28-69)12-16-48(42)67(50)57(72)74-59(6,7)8/h9-16,29-32,53-54,60-61,68-69H,17-28,33-36H2,1-8H3. The predicted molar refractivity (Wildman–Crippen MR) is 289 cm³/mol. The first kappa shape index (κ1) is 51.7. The molecule has 10 rings (SSSR count). The van der Waals surface area contributed by atoms with Crippen molar-refractivity contribution < 1.29 is 34.1 Å². The second-order valence-electron chi connectivity index (χ2n) is 22.8. The van der Waals surface area contributed by atoms with Gasteiger partial charge in [-0.05, 0) is 136 Å². The van der Waals surface area contributed by atoms with Gasteiger partial charge in [-0.2, -0.15) is 0 Å². The van der Waals surface area contributed by atoms with E-state index in [9.17, 15) is 19.8 Å². The van der Waals surface area contributed by atoms with Gasteiger partial charge in [0, 0.05) is 114 Å². The zero-order valence-electron chi connectivity index (χ0n) is 44.5. The molecule has 0 aliphatic carbocycles. The number of nitrogens with one attached hydrogen (secondary N) is 2. The van der Waals surface area contributed by atoms with Gasteiger partial charge in [-0.25, -0.2) is 18.7 Å². The molecule has 15 heteroatoms. The van der Waals surface area contributed by atoms with Crippen molar-refractivity contribution >= 4 is 39.8 Å². The first-order valence-corrected chi connectivity index (χ1v) is 26.5. The lowest BCUT2D eigenvalue weighted by molar-refractivity contribution is -0.123. The molecule has 0 amide bonds. The molecule has 4 aromatic carbocycles. The van der Waals surface area contributed by atoms with Gasteiger partial charge in [-0.3, -0.25) is 35.0 Å². The number of carbonyl (C=O) groups is 3. The summed E-state index contributed by atoms with van der Waals surface area (Å²) in [6.07, 6.45) is -0.982. The third-order valence-electron chi connectivity index (χ3n) is 15.3. The second-order valence-corrected chi connectivity index (χ2v) is 22.8. The van der Waals surface area contributed by atoms with E-state index in [4.69, 9.17) is 9.47 Å². The number of Topliss-reactive ketones (excluding diaryl/α,β-unsaturated/α-hetero) is 1. The van der Waals surface area contributed by atoms with Gasteiger partial charge in [-0.1, -0.05) is 36.4 Å². The normalized spacial score (nSPS) is 19.1. The Bertz CT molecular complexity index is 2900. The molecule has 2 saturated heterocycles. The minimum Gasteiger partial charge on any atom is -0.443 e. The number of aliphatic hydroxyl groups is 2. The lowest BCUT2D eigenvalue weighted by Crippen LogP contribution is -2.46. The molecule has 2 aromatic heterocycles. The fourth-order valence-electron chi connectivity index (χ4n) is 11.7. The smallest absolute Gasteiger partial charge is 0.419 e. The van der Waals surface area contributed by atoms with Gasteiger partial charge in [0.25, 0.3) is 0 Å². The summed E-state index contributed by atoms with van der Waals surface area (Å²) in [7, 11) is 0. The second kappa shape index (κ2) is 20.8. The average molecular weight is 1010 g/mol. The van der Waals surface area contributed by atoms with Gasteiger partial charge in [0.15, 0.2) is 5.78 Å². The van der Waals surface area contributed by atoms with Crippen LogP contribution in [0.4, 0.5) is 9.59 Å². The average Bonchev–Trinajstić information content (AvgIpc) is 4.16. The van der Waals surface area contributed by atoms with Crippen molar-refractivity contribution in [3.05, 3.63) is 117 Å². The Hall–Kier alpha value is -5.75. The van der Waals surface area contributed by atoms with Crippen LogP contribution in [0.1, 0.15) is 98.1 Å². The Labute approximate surface area is 435 Å². The van der Waals surface area contributed by atoms with E-state index in [1.807, 2.05) is 65.8 Å². The molecule has 0 bridgehead atoms. The molecule has 4 N–H and O–H groups in total. The van der Waals surface area contributed by atoms with E-state index < -0.39 is 35.5 Å². The molecule has 4 aliphatic heterocycles. The number of ether oxygens (including phenoxy) is 2. The molecular formula is C59H74N8O7. The van der Waals surface area contributed by atoms with E-state index in [-0.39, 0.29) is 19.0 Å². The van der Waals surface area contributed by atoms with E-state index in [1.54, 1.807) is 9.13 Å². The molecule has 0 spiro atoms. The first-order valence-electron chi connectivity index (χ1n) is 26.5. The number of piperazine rings is 2. The largest absolute Gasteiger partial charge is 0.443 e. The number of aryl methyl sites for hydroxylation is 2. The molecule has 74 heavy (non-hydrogen) atoms. The van der Waals surface area contributed by atoms with Crippen LogP contribution in [0.2, 0.25) is 0 Å². The number of carbonyl (C=O) groups excluding carboxylic acids is 3. The number of hydrogen-bond acceptors (Lipinski definition) is 13. The third kappa shape index (κ3) is 10.5. The van der Waals surface area contributed by atoms with Crippen LogP contribution in [0.15, 0.2) is 72.8 Å². The number of nitrogens with zero attached hydrogens (tertiary/aromatic N) is 6. The number of benzene rings is 4. The Balaban J connectivity index is 1.02. The maximum atomic E-state index is 15.7. The van der Waals surface area contributed by atoms with Gasteiger partial charge >= 0.3 is 12.2 Å². The van der Waals surface area contributed by atoms with E-state index in [0.717, 1.165) is 143 Å². The van der Waals surface area contributed by atoms with Crippen molar-refractivity contribution in [1.29, 1.82) is 0 Å². The predicted octanol–water partition coefficient (Wildman–Crippen LogP) is 7.89. The van der Waals surface area contributed by atoms with Crippen molar-refractivity contribution in [2.24, 2.45) is 0 Å². The summed E-state index contributed by atoms with van der Waals surface area (Å²) >= 11 is 0. The van der Waals surface area contributed by atoms with E-state index in [1.165, 1.54) is 0 Å². The molecule has 6 heterocycles. The highest BCUT2D eigenvalue weighted by Gasteiger charge is 2.42. The maximum absolute atomic E-state index is 15.7. The van der Waals surface area contributed by atoms with Gasteiger partial charge in [-0.15, -0.1) is 0 Å². The minimum atomic E-state index is -0.759. The summed E-state index contributed by atoms with van der Waals surface area (Å²) in [6.45, 7) is 26.8. The summed E-state index contributed by atoms with van der Waals surface area (Å²) in [6, 6.07) is 23.4. The SMILES string of the molecule is Cc1ccc(-c2cc3cc(CN4CCN(CCO)CC4)ccc3n2C(=O)OC(C)(C)C)c2c1CNC2C(=O)C1NCc2c(C)ccc(-c3cc4cc(CN5CCN(CCO)CC5)ccc4n3C(=O)OC(C)(C)C)c21. The first-order chi connectivity index (χ1) is 35.4. The van der Waals surface area contributed by atoms with Crippen molar-refractivity contribution in [2.45, 2.75) is 105 Å². The van der Waals surface area contributed by atoms with E-state index >= 15 is 4.79 Å². The van der Waals surface area contributed by atoms with Gasteiger partial charge < -0.3 is 19.7 Å². The molecule has 4 aliphatic rings. The summed E-state index contributed by atoms with van der Waals surface area (Å²) < 4.78 is 15.6. The van der Waals surface area contributed by atoms with E-state index in [0.29, 0.717) is 37.6 Å². The van der Waals surface area contributed by atoms with Crippen LogP contribution in [-0.4, -0.2) is 147 Å². The van der Waals surface area contributed by atoms with Gasteiger partial charge in [0.05, 0.1) is 47.7 Å². The molecule has 15 nitrogen and oxygen atoms in total. The van der Waals surface area contributed by atoms with Gasteiger partial charge in [0.1, 0.15) is 11.2 Å². The topological polar surface area (TPSA) is 157 Å². The highest BCUT2D eigenvalue weighted by atomic mass is 16.6. The van der Waals surface area contributed by atoms with Crippen LogP contribution >= 0.6 is 0 Å². The fraction of sp³-hybridized carbons (Fsp3) is 0.475. The Kier molecular flexibility index (Phi) is 14.5. The van der Waals surface area contributed by atoms with Crippen molar-refractivity contribution in [1.82, 2.24) is 39.4 Å². The number of aromatic nitrogens is 2. The Morgan fingerprint density at radius 1 is 0.541 bits per heavy atom. The quantitative estimate of drug-likeness (QED) is 0.0940. The third-order valence-corrected chi connectivity index (χ3v) is 15.3. The number of aliphatic hydroxyl groups excluding tert-OH is 2.